The van der Waals surface area contributed by atoms with Crippen LogP contribution in [0.1, 0.15) is 62.9 Å². The highest BCUT2D eigenvalue weighted by molar-refractivity contribution is 14.0. The number of carbonyl (C=O) groups is 1. The summed E-state index contributed by atoms with van der Waals surface area (Å²) in [6, 6.07) is 7.66. The number of guanidine groups is 1. The Morgan fingerprint density at radius 3 is 2.57 bits per heavy atom. The number of nitrogens with two attached hydrogens (primary N) is 1. The lowest BCUT2D eigenvalue weighted by atomic mass is 9.58. The van der Waals surface area contributed by atoms with E-state index in [0.29, 0.717) is 24.3 Å². The molecule has 158 valence electrons. The molecule has 0 heterocycles. The first-order valence-corrected chi connectivity index (χ1v) is 10.1. The van der Waals surface area contributed by atoms with Crippen LogP contribution in [0.25, 0.3) is 0 Å². The summed E-state index contributed by atoms with van der Waals surface area (Å²) in [5.74, 6) is 0.381. The summed E-state index contributed by atoms with van der Waals surface area (Å²) in [5, 5.41) is 6.94. The van der Waals surface area contributed by atoms with Gasteiger partial charge in [-0.1, -0.05) is 26.0 Å². The molecule has 0 radical (unpaired) electrons. The second-order valence-electron chi connectivity index (χ2n) is 7.08. The fourth-order valence-corrected chi connectivity index (χ4v) is 4.06. The van der Waals surface area contributed by atoms with Crippen LogP contribution in [0.4, 0.5) is 0 Å². The Morgan fingerprint density at radius 1 is 1.29 bits per heavy atom. The van der Waals surface area contributed by atoms with Gasteiger partial charge in [0.2, 0.25) is 5.91 Å². The molecular formula is C21H35IN4O2. The molecule has 2 rings (SSSR count). The molecule has 1 fully saturated rings. The Balaban J connectivity index is 0.00000392. The molecule has 0 saturated heterocycles. The zero-order valence-corrected chi connectivity index (χ0v) is 19.8. The number of hydrogen-bond acceptors (Lipinski definition) is 3. The van der Waals surface area contributed by atoms with Gasteiger partial charge in [0.05, 0.1) is 12.6 Å². The fourth-order valence-electron chi connectivity index (χ4n) is 4.06. The minimum Gasteiger partial charge on any atom is -0.378 e. The highest BCUT2D eigenvalue weighted by atomic mass is 127. The number of nitrogens with one attached hydrogen (secondary N) is 2. The minimum atomic E-state index is -0.419. The first kappa shape index (κ1) is 24.7. The summed E-state index contributed by atoms with van der Waals surface area (Å²) >= 11 is 0. The lowest BCUT2D eigenvalue weighted by Crippen LogP contribution is -2.65. The van der Waals surface area contributed by atoms with E-state index in [-0.39, 0.29) is 29.4 Å². The van der Waals surface area contributed by atoms with E-state index < -0.39 is 5.91 Å². The van der Waals surface area contributed by atoms with Gasteiger partial charge in [-0.2, -0.15) is 0 Å². The maximum Gasteiger partial charge on any atom is 0.248 e. The van der Waals surface area contributed by atoms with Crippen LogP contribution in [0.15, 0.2) is 29.3 Å². The van der Waals surface area contributed by atoms with Crippen LogP contribution in [-0.2, 0) is 11.3 Å². The maximum atomic E-state index is 11.4. The first-order chi connectivity index (χ1) is 13.0. The van der Waals surface area contributed by atoms with Gasteiger partial charge in [0.15, 0.2) is 5.96 Å². The van der Waals surface area contributed by atoms with E-state index >= 15 is 0 Å². The molecule has 0 aromatic heterocycles. The van der Waals surface area contributed by atoms with Crippen LogP contribution in [0.2, 0.25) is 0 Å². The van der Waals surface area contributed by atoms with Crippen LogP contribution in [-0.4, -0.2) is 37.2 Å². The van der Waals surface area contributed by atoms with Crippen molar-refractivity contribution >= 4 is 35.8 Å². The molecule has 1 aliphatic carbocycles. The highest BCUT2D eigenvalue weighted by Gasteiger charge is 2.53. The molecular weight excluding hydrogens is 467 g/mol. The Bertz CT molecular complexity index is 662. The van der Waals surface area contributed by atoms with Crippen molar-refractivity contribution in [1.82, 2.24) is 10.6 Å². The van der Waals surface area contributed by atoms with Gasteiger partial charge in [0.25, 0.3) is 0 Å². The summed E-state index contributed by atoms with van der Waals surface area (Å²) < 4.78 is 5.97. The van der Waals surface area contributed by atoms with Crippen molar-refractivity contribution in [2.45, 2.75) is 65.6 Å². The second-order valence-corrected chi connectivity index (χ2v) is 7.08. The van der Waals surface area contributed by atoms with E-state index in [0.717, 1.165) is 43.9 Å². The molecule has 2 unspecified atom stereocenters. The van der Waals surface area contributed by atoms with Crippen LogP contribution >= 0.6 is 24.0 Å². The topological polar surface area (TPSA) is 88.7 Å². The molecule has 1 aliphatic rings. The minimum absolute atomic E-state index is 0. The summed E-state index contributed by atoms with van der Waals surface area (Å²) in [6.07, 6.45) is 3.46. The summed E-state index contributed by atoms with van der Waals surface area (Å²) in [6.45, 7) is 10.6. The predicted octanol–water partition coefficient (Wildman–Crippen LogP) is 3.44. The van der Waals surface area contributed by atoms with E-state index in [4.69, 9.17) is 15.5 Å². The molecule has 0 spiro atoms. The number of hydrogen-bond donors (Lipinski definition) is 3. The van der Waals surface area contributed by atoms with Crippen LogP contribution in [0.5, 0.6) is 0 Å². The Labute approximate surface area is 186 Å². The van der Waals surface area contributed by atoms with E-state index in [2.05, 4.69) is 38.3 Å². The van der Waals surface area contributed by atoms with Gasteiger partial charge < -0.3 is 21.1 Å². The third-order valence-electron chi connectivity index (χ3n) is 5.76. The Morgan fingerprint density at radius 2 is 2.00 bits per heavy atom. The Hall–Kier alpha value is -1.35. The molecule has 1 saturated carbocycles. The molecule has 7 heteroatoms. The number of aliphatic imine (C=N–C) groups is 1. The van der Waals surface area contributed by atoms with Gasteiger partial charge >= 0.3 is 0 Å². The molecule has 28 heavy (non-hydrogen) atoms. The molecule has 1 aromatic carbocycles. The zero-order valence-electron chi connectivity index (χ0n) is 17.5. The van der Waals surface area contributed by atoms with Crippen molar-refractivity contribution in [3.63, 3.8) is 0 Å². The molecule has 2 atom stereocenters. The average Bonchev–Trinajstić information content (AvgIpc) is 2.66. The third-order valence-corrected chi connectivity index (χ3v) is 5.76. The number of ether oxygens (including phenoxy) is 1. The van der Waals surface area contributed by atoms with E-state index in [1.165, 1.54) is 0 Å². The largest absolute Gasteiger partial charge is 0.378 e. The van der Waals surface area contributed by atoms with Crippen molar-refractivity contribution < 1.29 is 9.53 Å². The quantitative estimate of drug-likeness (QED) is 0.274. The van der Waals surface area contributed by atoms with Crippen molar-refractivity contribution in [1.29, 1.82) is 0 Å². The van der Waals surface area contributed by atoms with Crippen molar-refractivity contribution in [3.8, 4) is 0 Å². The molecule has 4 N–H and O–H groups in total. The van der Waals surface area contributed by atoms with Gasteiger partial charge in [-0.05, 0) is 50.8 Å². The molecule has 0 bridgehead atoms. The molecule has 6 nitrogen and oxygen atoms in total. The van der Waals surface area contributed by atoms with Gasteiger partial charge in [0, 0.05) is 30.2 Å². The molecule has 1 amide bonds. The van der Waals surface area contributed by atoms with E-state index in [1.54, 1.807) is 12.1 Å². The summed E-state index contributed by atoms with van der Waals surface area (Å²) in [5.41, 5.74) is 6.98. The maximum absolute atomic E-state index is 11.4. The van der Waals surface area contributed by atoms with E-state index in [9.17, 15) is 4.79 Å². The normalized spacial score (nSPS) is 20.6. The number of primary amides is 1. The first-order valence-electron chi connectivity index (χ1n) is 10.1. The second kappa shape index (κ2) is 11.6. The van der Waals surface area contributed by atoms with Crippen LogP contribution in [0.3, 0.4) is 0 Å². The van der Waals surface area contributed by atoms with E-state index in [1.807, 2.05) is 12.1 Å². The predicted molar refractivity (Wildman–Crippen MR) is 125 cm³/mol. The average molecular weight is 502 g/mol. The lowest BCUT2D eigenvalue weighted by Gasteiger charge is -2.55. The SMILES string of the molecule is CCNC(=NCc1cccc(C(N)=O)c1)NC1CC(OCC)C1(CC)CC.I. The standard InChI is InChI=1S/C21H34N4O2.HI/c1-5-21(6-2)17(13-18(21)27-8-4)25-20(23-7-3)24-14-15-10-9-11-16(12-15)19(22)26;/h9-12,17-18H,5-8,13-14H2,1-4H3,(H2,22,26)(H2,23,24,25);1H. The third kappa shape index (κ3) is 5.59. The number of amides is 1. The summed E-state index contributed by atoms with van der Waals surface area (Å²) in [4.78, 5) is 16.1. The summed E-state index contributed by atoms with van der Waals surface area (Å²) in [7, 11) is 0. The number of rotatable bonds is 9. The number of halogens is 1. The van der Waals surface area contributed by atoms with Crippen LogP contribution < -0.4 is 16.4 Å². The number of carbonyl (C=O) groups excluding carboxylic acids is 1. The zero-order chi connectivity index (χ0) is 19.9. The number of nitrogens with zero attached hydrogens (tertiary/aromatic N) is 1. The van der Waals surface area contributed by atoms with Gasteiger partial charge in [-0.25, -0.2) is 4.99 Å². The smallest absolute Gasteiger partial charge is 0.248 e. The van der Waals surface area contributed by atoms with Gasteiger partial charge in [-0.15, -0.1) is 24.0 Å². The molecule has 0 aliphatic heterocycles. The van der Waals surface area contributed by atoms with Crippen molar-refractivity contribution in [2.75, 3.05) is 13.2 Å². The van der Waals surface area contributed by atoms with Gasteiger partial charge in [-0.3, -0.25) is 4.79 Å². The van der Waals surface area contributed by atoms with Crippen molar-refractivity contribution in [2.24, 2.45) is 16.1 Å². The molecule has 1 aromatic rings. The lowest BCUT2D eigenvalue weighted by molar-refractivity contribution is -0.133. The van der Waals surface area contributed by atoms with Gasteiger partial charge in [0.1, 0.15) is 0 Å². The van der Waals surface area contributed by atoms with Crippen LogP contribution in [0, 0.1) is 5.41 Å². The van der Waals surface area contributed by atoms with Crippen molar-refractivity contribution in [3.05, 3.63) is 35.4 Å². The highest BCUT2D eigenvalue weighted by Crippen LogP contribution is 2.48. The fraction of sp³-hybridized carbons (Fsp3) is 0.619. The Kier molecular flexibility index (Phi) is 10.2. The monoisotopic (exact) mass is 502 g/mol. The number of benzene rings is 1.